The predicted octanol–water partition coefficient (Wildman–Crippen LogP) is 2.35. The van der Waals surface area contributed by atoms with Crippen LogP contribution in [0.2, 0.25) is 0 Å². The van der Waals surface area contributed by atoms with Crippen molar-refractivity contribution in [1.29, 1.82) is 0 Å². The van der Waals surface area contributed by atoms with E-state index < -0.39 is 0 Å². The molecule has 0 aromatic rings. The van der Waals surface area contributed by atoms with Gasteiger partial charge in [-0.05, 0) is 25.8 Å². The highest BCUT2D eigenvalue weighted by Crippen LogP contribution is 2.26. The number of methoxy groups -OCH3 is 1. The Bertz CT molecular complexity index is 212. The molecule has 2 atom stereocenters. The van der Waals surface area contributed by atoms with Crippen molar-refractivity contribution in [2.24, 2.45) is 11.8 Å². The second-order valence-corrected chi connectivity index (χ2v) is 4.99. The Morgan fingerprint density at radius 2 is 2.00 bits per heavy atom. The van der Waals surface area contributed by atoms with Crippen molar-refractivity contribution < 1.29 is 9.53 Å². The zero-order valence-corrected chi connectivity index (χ0v) is 10.8. The zero-order valence-electron chi connectivity index (χ0n) is 10.8. The van der Waals surface area contributed by atoms with E-state index in [1.54, 1.807) is 0 Å². The second-order valence-electron chi connectivity index (χ2n) is 4.99. The minimum absolute atomic E-state index is 0.0615. The summed E-state index contributed by atoms with van der Waals surface area (Å²) in [4.78, 5) is 11.3. The van der Waals surface area contributed by atoms with Gasteiger partial charge < -0.3 is 10.1 Å². The fourth-order valence-electron chi connectivity index (χ4n) is 2.38. The van der Waals surface area contributed by atoms with Crippen molar-refractivity contribution in [3.63, 3.8) is 0 Å². The molecule has 94 valence electrons. The summed E-state index contributed by atoms with van der Waals surface area (Å²) in [6, 6.07) is 0.203. The zero-order chi connectivity index (χ0) is 12.0. The molecule has 0 amide bonds. The van der Waals surface area contributed by atoms with Crippen molar-refractivity contribution >= 4 is 5.97 Å². The maximum absolute atomic E-state index is 11.3. The molecule has 1 fully saturated rings. The van der Waals surface area contributed by atoms with Crippen molar-refractivity contribution in [2.75, 3.05) is 13.7 Å². The number of carbonyl (C=O) groups is 1. The quantitative estimate of drug-likeness (QED) is 0.708. The fourth-order valence-corrected chi connectivity index (χ4v) is 2.38. The summed E-state index contributed by atoms with van der Waals surface area (Å²) < 4.78 is 4.73. The van der Waals surface area contributed by atoms with Crippen LogP contribution < -0.4 is 5.32 Å². The van der Waals surface area contributed by atoms with E-state index in [0.717, 1.165) is 12.5 Å². The molecule has 0 bridgehead atoms. The Balaban J connectivity index is 2.13. The molecule has 0 spiro atoms. The Morgan fingerprint density at radius 1 is 1.38 bits per heavy atom. The van der Waals surface area contributed by atoms with Gasteiger partial charge in [0.2, 0.25) is 0 Å². The second kappa shape index (κ2) is 6.89. The van der Waals surface area contributed by atoms with Gasteiger partial charge in [-0.25, -0.2) is 0 Å². The molecule has 2 unspecified atom stereocenters. The van der Waals surface area contributed by atoms with Gasteiger partial charge in [-0.3, -0.25) is 4.79 Å². The fraction of sp³-hybridized carbons (Fsp3) is 0.923. The third kappa shape index (κ3) is 4.12. The Morgan fingerprint density at radius 3 is 2.56 bits per heavy atom. The van der Waals surface area contributed by atoms with E-state index in [0.29, 0.717) is 0 Å². The van der Waals surface area contributed by atoms with E-state index >= 15 is 0 Å². The first-order chi connectivity index (χ1) is 7.65. The van der Waals surface area contributed by atoms with Gasteiger partial charge in [0.1, 0.15) is 0 Å². The van der Waals surface area contributed by atoms with Gasteiger partial charge in [-0.2, -0.15) is 0 Å². The summed E-state index contributed by atoms with van der Waals surface area (Å²) in [5.41, 5.74) is 0. The van der Waals surface area contributed by atoms with E-state index in [4.69, 9.17) is 4.74 Å². The summed E-state index contributed by atoms with van der Waals surface area (Å²) in [7, 11) is 1.45. The summed E-state index contributed by atoms with van der Waals surface area (Å²) >= 11 is 0. The van der Waals surface area contributed by atoms with E-state index in [1.807, 2.05) is 6.92 Å². The lowest BCUT2D eigenvalue weighted by Gasteiger charge is -2.20. The molecule has 16 heavy (non-hydrogen) atoms. The smallest absolute Gasteiger partial charge is 0.309 e. The van der Waals surface area contributed by atoms with Gasteiger partial charge in [0.15, 0.2) is 0 Å². The number of rotatable bonds is 6. The number of carbonyl (C=O) groups excluding carboxylic acids is 1. The highest BCUT2D eigenvalue weighted by atomic mass is 16.5. The van der Waals surface area contributed by atoms with Crippen LogP contribution in [0.25, 0.3) is 0 Å². The van der Waals surface area contributed by atoms with Crippen LogP contribution in [-0.2, 0) is 9.53 Å². The molecule has 0 aliphatic heterocycles. The first-order valence-corrected chi connectivity index (χ1v) is 6.46. The third-order valence-electron chi connectivity index (χ3n) is 3.82. The highest BCUT2D eigenvalue weighted by molar-refractivity contribution is 5.72. The van der Waals surface area contributed by atoms with Gasteiger partial charge in [0.25, 0.3) is 0 Å². The predicted molar refractivity (Wildman–Crippen MR) is 65.2 cm³/mol. The van der Waals surface area contributed by atoms with Gasteiger partial charge in [0.05, 0.1) is 13.0 Å². The van der Waals surface area contributed by atoms with Crippen molar-refractivity contribution in [3.8, 4) is 0 Å². The molecular formula is C13H25NO2. The molecule has 0 saturated heterocycles. The van der Waals surface area contributed by atoms with E-state index in [-0.39, 0.29) is 17.9 Å². The first kappa shape index (κ1) is 13.5. The van der Waals surface area contributed by atoms with Crippen LogP contribution in [0.4, 0.5) is 0 Å². The topological polar surface area (TPSA) is 38.3 Å². The van der Waals surface area contributed by atoms with Gasteiger partial charge in [-0.15, -0.1) is 0 Å². The molecule has 1 rings (SSSR count). The summed E-state index contributed by atoms with van der Waals surface area (Å²) in [6.07, 6.45) is 6.83. The number of ether oxygens (including phenoxy) is 1. The van der Waals surface area contributed by atoms with E-state index in [2.05, 4.69) is 12.2 Å². The lowest BCUT2D eigenvalue weighted by atomic mass is 10.0. The molecule has 0 aromatic heterocycles. The van der Waals surface area contributed by atoms with Gasteiger partial charge in [-0.1, -0.05) is 32.6 Å². The number of esters is 1. The normalized spacial score (nSPS) is 20.7. The number of hydrogen-bond acceptors (Lipinski definition) is 3. The van der Waals surface area contributed by atoms with Crippen LogP contribution in [0.3, 0.4) is 0 Å². The lowest BCUT2D eigenvalue weighted by molar-refractivity contribution is -0.145. The largest absolute Gasteiger partial charge is 0.469 e. The molecular weight excluding hydrogens is 202 g/mol. The van der Waals surface area contributed by atoms with Crippen molar-refractivity contribution in [1.82, 2.24) is 5.32 Å². The Kier molecular flexibility index (Phi) is 5.81. The maximum atomic E-state index is 11.3. The molecule has 0 radical (unpaired) electrons. The number of hydrogen-bond donors (Lipinski definition) is 1. The molecule has 3 nitrogen and oxygen atoms in total. The van der Waals surface area contributed by atoms with Crippen LogP contribution in [0, 0.1) is 11.8 Å². The average molecular weight is 227 g/mol. The average Bonchev–Trinajstić information content (AvgIpc) is 2.79. The van der Waals surface area contributed by atoms with Crippen LogP contribution in [0.1, 0.15) is 46.0 Å². The number of nitrogens with one attached hydrogen (secondary N) is 1. The van der Waals surface area contributed by atoms with Crippen molar-refractivity contribution in [2.45, 2.75) is 52.0 Å². The molecule has 0 aromatic carbocycles. The molecule has 1 saturated carbocycles. The van der Waals surface area contributed by atoms with E-state index in [1.165, 1.54) is 39.2 Å². The minimum atomic E-state index is -0.124. The van der Waals surface area contributed by atoms with Crippen LogP contribution in [0.15, 0.2) is 0 Å². The van der Waals surface area contributed by atoms with Gasteiger partial charge in [0, 0.05) is 6.04 Å². The first-order valence-electron chi connectivity index (χ1n) is 6.46. The SMILES string of the molecule is COC(=O)C(C)C(C)NCCC1CCCC1. The van der Waals surface area contributed by atoms with Crippen molar-refractivity contribution in [3.05, 3.63) is 0 Å². The highest BCUT2D eigenvalue weighted by Gasteiger charge is 2.21. The summed E-state index contributed by atoms with van der Waals surface area (Å²) in [5, 5.41) is 3.42. The van der Waals surface area contributed by atoms with E-state index in [9.17, 15) is 4.79 Å². The van der Waals surface area contributed by atoms with Crippen LogP contribution in [0.5, 0.6) is 0 Å². The summed E-state index contributed by atoms with van der Waals surface area (Å²) in [5.74, 6) is 0.725. The third-order valence-corrected chi connectivity index (χ3v) is 3.82. The van der Waals surface area contributed by atoms with Gasteiger partial charge >= 0.3 is 5.97 Å². The molecule has 1 aliphatic rings. The lowest BCUT2D eigenvalue weighted by Crippen LogP contribution is -2.37. The molecule has 0 heterocycles. The standard InChI is InChI=1S/C13H25NO2/c1-10(13(15)16-3)11(2)14-9-8-12-6-4-5-7-12/h10-12,14H,4-9H2,1-3H3. The minimum Gasteiger partial charge on any atom is -0.469 e. The Hall–Kier alpha value is -0.570. The Labute approximate surface area is 98.9 Å². The van der Waals surface area contributed by atoms with Crippen LogP contribution >= 0.6 is 0 Å². The maximum Gasteiger partial charge on any atom is 0.309 e. The molecule has 1 N–H and O–H groups in total. The monoisotopic (exact) mass is 227 g/mol. The summed E-state index contributed by atoms with van der Waals surface area (Å²) in [6.45, 7) is 4.99. The molecule has 1 aliphatic carbocycles. The molecule has 3 heteroatoms. The van der Waals surface area contributed by atoms with Crippen LogP contribution in [-0.4, -0.2) is 25.7 Å².